The average Bonchev–Trinajstić information content (AvgIpc) is 2.68. The monoisotopic (exact) mass is 354 g/mol. The van der Waals surface area contributed by atoms with Crippen molar-refractivity contribution in [2.45, 2.75) is 6.92 Å². The molecule has 0 bridgehead atoms. The molecule has 3 aromatic carbocycles. The third kappa shape index (κ3) is 3.62. The van der Waals surface area contributed by atoms with Gasteiger partial charge >= 0.3 is 0 Å². The van der Waals surface area contributed by atoms with Crippen LogP contribution in [0, 0.1) is 0 Å². The van der Waals surface area contributed by atoms with E-state index >= 15 is 0 Å². The van der Waals surface area contributed by atoms with E-state index in [2.05, 4.69) is 15.8 Å². The highest BCUT2D eigenvalue weighted by molar-refractivity contribution is 6.07. The molecule has 0 saturated heterocycles. The lowest BCUT2D eigenvalue weighted by molar-refractivity contribution is -0.114. The molecule has 0 aliphatic heterocycles. The van der Waals surface area contributed by atoms with Crippen molar-refractivity contribution in [2.75, 3.05) is 10.7 Å². The van der Waals surface area contributed by atoms with Crippen molar-refractivity contribution in [1.82, 2.24) is 4.98 Å². The van der Waals surface area contributed by atoms with Gasteiger partial charge < -0.3 is 5.32 Å². The molecule has 27 heavy (non-hydrogen) atoms. The summed E-state index contributed by atoms with van der Waals surface area (Å²) >= 11 is 0. The molecule has 1 aromatic heterocycles. The molecule has 0 unspecified atom stereocenters. The van der Waals surface area contributed by atoms with Crippen molar-refractivity contribution in [3.8, 4) is 0 Å². The van der Waals surface area contributed by atoms with Gasteiger partial charge in [-0.3, -0.25) is 10.2 Å². The Balaban J connectivity index is 1.64. The Hall–Kier alpha value is -3.73. The van der Waals surface area contributed by atoms with Crippen molar-refractivity contribution < 1.29 is 4.79 Å². The molecule has 4 aromatic rings. The van der Waals surface area contributed by atoms with Gasteiger partial charge in [0.1, 0.15) is 0 Å². The van der Waals surface area contributed by atoms with Crippen LogP contribution in [0.15, 0.2) is 77.9 Å². The van der Waals surface area contributed by atoms with Gasteiger partial charge in [0.15, 0.2) is 0 Å². The number of amides is 1. The molecule has 0 aliphatic rings. The molecular formula is C22H18N4O. The summed E-state index contributed by atoms with van der Waals surface area (Å²) in [6, 6.07) is 23.5. The van der Waals surface area contributed by atoms with Crippen molar-refractivity contribution in [3.63, 3.8) is 0 Å². The van der Waals surface area contributed by atoms with Gasteiger partial charge in [-0.25, -0.2) is 4.98 Å². The first-order chi connectivity index (χ1) is 13.2. The van der Waals surface area contributed by atoms with Crippen molar-refractivity contribution in [2.24, 2.45) is 5.10 Å². The summed E-state index contributed by atoms with van der Waals surface area (Å²) in [5, 5.41) is 9.21. The number of nitrogens with one attached hydrogen (secondary N) is 2. The number of pyridine rings is 1. The predicted molar refractivity (Wildman–Crippen MR) is 111 cm³/mol. The zero-order valence-electron chi connectivity index (χ0n) is 14.8. The molecule has 0 atom stereocenters. The molecule has 5 heteroatoms. The molecule has 5 nitrogen and oxygen atoms in total. The minimum Gasteiger partial charge on any atom is -0.326 e. The van der Waals surface area contributed by atoms with Crippen LogP contribution >= 0.6 is 0 Å². The largest absolute Gasteiger partial charge is 0.326 e. The standard InChI is InChI=1S/C22H18N4O/c1-15(27)24-17-12-10-16(11-13-17)14-23-26-22-18-6-2-4-8-20(18)25-21-9-5-3-7-19(21)22/h2-14H,1H3,(H,24,27)(H,25,26)/b23-14-. The summed E-state index contributed by atoms with van der Waals surface area (Å²) in [5.74, 6) is -0.0884. The van der Waals surface area contributed by atoms with Gasteiger partial charge in [-0.2, -0.15) is 5.10 Å². The van der Waals surface area contributed by atoms with E-state index in [9.17, 15) is 4.79 Å². The average molecular weight is 354 g/mol. The van der Waals surface area contributed by atoms with Gasteiger partial charge in [-0.1, -0.05) is 48.5 Å². The number of fused-ring (bicyclic) bond motifs is 2. The quantitative estimate of drug-likeness (QED) is 0.314. The van der Waals surface area contributed by atoms with E-state index in [0.717, 1.165) is 38.7 Å². The number of carbonyl (C=O) groups excluding carboxylic acids is 1. The summed E-state index contributed by atoms with van der Waals surface area (Å²) in [4.78, 5) is 15.8. The maximum absolute atomic E-state index is 11.1. The van der Waals surface area contributed by atoms with Crippen LogP contribution in [0.1, 0.15) is 12.5 Å². The van der Waals surface area contributed by atoms with Gasteiger partial charge in [0.2, 0.25) is 5.91 Å². The van der Waals surface area contributed by atoms with E-state index in [4.69, 9.17) is 4.98 Å². The fourth-order valence-corrected chi connectivity index (χ4v) is 2.99. The number of rotatable bonds is 4. The summed E-state index contributed by atoms with van der Waals surface area (Å²) in [6.07, 6.45) is 1.75. The summed E-state index contributed by atoms with van der Waals surface area (Å²) in [7, 11) is 0. The van der Waals surface area contributed by atoms with Gasteiger partial charge in [0.05, 0.1) is 22.9 Å². The Morgan fingerprint density at radius 3 is 2.07 bits per heavy atom. The second-order valence-electron chi connectivity index (χ2n) is 6.19. The lowest BCUT2D eigenvalue weighted by atomic mass is 10.1. The van der Waals surface area contributed by atoms with E-state index in [0.29, 0.717) is 0 Å². The molecule has 2 N–H and O–H groups in total. The summed E-state index contributed by atoms with van der Waals surface area (Å²) < 4.78 is 0. The van der Waals surface area contributed by atoms with E-state index < -0.39 is 0 Å². The normalized spacial score (nSPS) is 11.1. The van der Waals surface area contributed by atoms with E-state index in [1.807, 2.05) is 72.8 Å². The maximum atomic E-state index is 11.1. The molecular weight excluding hydrogens is 336 g/mol. The molecule has 1 heterocycles. The minimum absolute atomic E-state index is 0.0884. The Morgan fingerprint density at radius 2 is 1.48 bits per heavy atom. The number of para-hydroxylation sites is 2. The molecule has 132 valence electrons. The van der Waals surface area contributed by atoms with Gasteiger partial charge in [-0.15, -0.1) is 0 Å². The Morgan fingerprint density at radius 1 is 0.889 bits per heavy atom. The van der Waals surface area contributed by atoms with Crippen LogP contribution in [0.2, 0.25) is 0 Å². The first-order valence-electron chi connectivity index (χ1n) is 8.65. The molecule has 0 saturated carbocycles. The lowest BCUT2D eigenvalue weighted by Gasteiger charge is -2.10. The number of hydrogen-bond acceptors (Lipinski definition) is 4. The highest BCUT2D eigenvalue weighted by Gasteiger charge is 2.07. The number of benzene rings is 3. The zero-order chi connectivity index (χ0) is 18.6. The smallest absolute Gasteiger partial charge is 0.221 e. The van der Waals surface area contributed by atoms with Crippen LogP contribution in [0.5, 0.6) is 0 Å². The second kappa shape index (κ2) is 7.25. The summed E-state index contributed by atoms with van der Waals surface area (Å²) in [5.41, 5.74) is 7.66. The van der Waals surface area contributed by atoms with Crippen LogP contribution < -0.4 is 10.7 Å². The highest BCUT2D eigenvalue weighted by Crippen LogP contribution is 2.30. The number of aromatic nitrogens is 1. The molecule has 0 radical (unpaired) electrons. The highest BCUT2D eigenvalue weighted by atomic mass is 16.1. The maximum Gasteiger partial charge on any atom is 0.221 e. The number of nitrogens with zero attached hydrogens (tertiary/aromatic N) is 2. The lowest BCUT2D eigenvalue weighted by Crippen LogP contribution is -2.05. The first-order valence-corrected chi connectivity index (χ1v) is 8.65. The van der Waals surface area contributed by atoms with Crippen LogP contribution in [-0.4, -0.2) is 17.1 Å². The minimum atomic E-state index is -0.0884. The number of hydrogen-bond donors (Lipinski definition) is 2. The number of carbonyl (C=O) groups is 1. The summed E-state index contributed by atoms with van der Waals surface area (Å²) in [6.45, 7) is 1.49. The van der Waals surface area contributed by atoms with E-state index in [1.54, 1.807) is 6.21 Å². The van der Waals surface area contributed by atoms with Crippen molar-refractivity contribution in [3.05, 3.63) is 78.4 Å². The number of anilines is 2. The van der Waals surface area contributed by atoms with Crippen LogP contribution in [0.4, 0.5) is 11.4 Å². The van der Waals surface area contributed by atoms with Crippen LogP contribution in [0.25, 0.3) is 21.8 Å². The first kappa shape index (κ1) is 16.7. The van der Waals surface area contributed by atoms with Crippen molar-refractivity contribution in [1.29, 1.82) is 0 Å². The molecule has 0 aliphatic carbocycles. The third-order valence-electron chi connectivity index (χ3n) is 4.21. The molecule has 0 fully saturated rings. The third-order valence-corrected chi connectivity index (χ3v) is 4.21. The SMILES string of the molecule is CC(=O)Nc1ccc(/C=N\Nc2c3ccccc3nc3ccccc23)cc1. The van der Waals surface area contributed by atoms with Crippen LogP contribution in [0.3, 0.4) is 0 Å². The molecule has 1 amide bonds. The Labute approximate surface area is 156 Å². The second-order valence-corrected chi connectivity index (χ2v) is 6.19. The predicted octanol–water partition coefficient (Wildman–Crippen LogP) is 4.79. The molecule has 0 spiro atoms. The van der Waals surface area contributed by atoms with Gasteiger partial charge in [0.25, 0.3) is 0 Å². The van der Waals surface area contributed by atoms with Crippen molar-refractivity contribution >= 4 is 45.3 Å². The topological polar surface area (TPSA) is 66.4 Å². The Kier molecular flexibility index (Phi) is 4.49. The molecule has 4 rings (SSSR count). The zero-order valence-corrected chi connectivity index (χ0v) is 14.8. The fraction of sp³-hybridized carbons (Fsp3) is 0.0455. The van der Waals surface area contributed by atoms with Gasteiger partial charge in [0, 0.05) is 23.4 Å². The van der Waals surface area contributed by atoms with E-state index in [1.165, 1.54) is 6.92 Å². The van der Waals surface area contributed by atoms with E-state index in [-0.39, 0.29) is 5.91 Å². The van der Waals surface area contributed by atoms with Gasteiger partial charge in [-0.05, 0) is 29.8 Å². The number of hydrazone groups is 1. The fourth-order valence-electron chi connectivity index (χ4n) is 2.99. The Bertz CT molecular complexity index is 1100. The van der Waals surface area contributed by atoms with Crippen LogP contribution in [-0.2, 0) is 4.79 Å².